The normalized spacial score (nSPS) is 20.0. The van der Waals surface area contributed by atoms with Crippen molar-refractivity contribution in [1.82, 2.24) is 19.8 Å². The number of hydrogen-bond acceptors (Lipinski definition) is 4. The smallest absolute Gasteiger partial charge is 0.237 e. The molecule has 0 bridgehead atoms. The number of ether oxygens (including phenoxy) is 1. The van der Waals surface area contributed by atoms with Crippen LogP contribution in [0.4, 0.5) is 0 Å². The number of H-pyrrole nitrogens is 1. The number of hydrogen-bond donors (Lipinski definition) is 1. The highest BCUT2D eigenvalue weighted by molar-refractivity contribution is 5.79. The first-order chi connectivity index (χ1) is 13.8. The summed E-state index contributed by atoms with van der Waals surface area (Å²) in [5, 5.41) is 0. The van der Waals surface area contributed by atoms with Gasteiger partial charge in [-0.25, -0.2) is 4.98 Å². The van der Waals surface area contributed by atoms with E-state index in [4.69, 9.17) is 9.72 Å². The molecule has 1 saturated heterocycles. The lowest BCUT2D eigenvalue weighted by atomic mass is 10.2. The van der Waals surface area contributed by atoms with Crippen molar-refractivity contribution in [3.05, 3.63) is 59.9 Å². The molecule has 0 aliphatic carbocycles. The fourth-order valence-corrected chi connectivity index (χ4v) is 4.28. The molecule has 144 valence electrons. The van der Waals surface area contributed by atoms with Gasteiger partial charge in [-0.3, -0.25) is 9.69 Å². The van der Waals surface area contributed by atoms with Crippen LogP contribution in [-0.2, 0) is 11.3 Å². The van der Waals surface area contributed by atoms with Crippen molar-refractivity contribution in [3.63, 3.8) is 0 Å². The highest BCUT2D eigenvalue weighted by Crippen LogP contribution is 2.32. The van der Waals surface area contributed by atoms with E-state index in [1.807, 2.05) is 47.4 Å². The first kappa shape index (κ1) is 17.3. The molecule has 0 saturated carbocycles. The average molecular weight is 376 g/mol. The van der Waals surface area contributed by atoms with Gasteiger partial charge in [0, 0.05) is 25.2 Å². The molecule has 5 rings (SSSR count). The van der Waals surface area contributed by atoms with Gasteiger partial charge in [-0.1, -0.05) is 30.3 Å². The van der Waals surface area contributed by atoms with Gasteiger partial charge >= 0.3 is 0 Å². The van der Waals surface area contributed by atoms with E-state index in [9.17, 15) is 4.79 Å². The van der Waals surface area contributed by atoms with E-state index >= 15 is 0 Å². The third-order valence-corrected chi connectivity index (χ3v) is 5.69. The van der Waals surface area contributed by atoms with Crippen molar-refractivity contribution < 1.29 is 9.53 Å². The summed E-state index contributed by atoms with van der Waals surface area (Å²) in [5.41, 5.74) is 3.12. The molecule has 0 unspecified atom stereocenters. The van der Waals surface area contributed by atoms with Crippen molar-refractivity contribution in [1.29, 1.82) is 0 Å². The number of aromatic nitrogens is 2. The van der Waals surface area contributed by atoms with Gasteiger partial charge in [-0.2, -0.15) is 0 Å². The highest BCUT2D eigenvalue weighted by atomic mass is 16.5. The number of nitrogens with one attached hydrogen (secondary N) is 1. The Morgan fingerprint density at radius 3 is 2.93 bits per heavy atom. The minimum Gasteiger partial charge on any atom is -0.492 e. The van der Waals surface area contributed by atoms with Gasteiger partial charge < -0.3 is 14.6 Å². The van der Waals surface area contributed by atoms with Crippen molar-refractivity contribution in [2.24, 2.45) is 0 Å². The third kappa shape index (κ3) is 3.24. The van der Waals surface area contributed by atoms with E-state index in [1.165, 1.54) is 0 Å². The summed E-state index contributed by atoms with van der Waals surface area (Å²) in [4.78, 5) is 25.5. The zero-order valence-electron chi connectivity index (χ0n) is 15.8. The molecule has 2 aliphatic heterocycles. The molecule has 1 atom stereocenters. The number of imidazole rings is 1. The largest absolute Gasteiger partial charge is 0.492 e. The second-order valence-electron chi connectivity index (χ2n) is 7.55. The molecule has 6 nitrogen and oxygen atoms in total. The Morgan fingerprint density at radius 1 is 1.14 bits per heavy atom. The molecular formula is C22H24N4O2. The Morgan fingerprint density at radius 2 is 2.00 bits per heavy atom. The van der Waals surface area contributed by atoms with Gasteiger partial charge in [-0.05, 0) is 31.0 Å². The molecule has 1 amide bonds. The number of amides is 1. The van der Waals surface area contributed by atoms with E-state index in [1.54, 1.807) is 0 Å². The van der Waals surface area contributed by atoms with E-state index < -0.39 is 0 Å². The number of carbonyl (C=O) groups is 1. The predicted molar refractivity (Wildman–Crippen MR) is 107 cm³/mol. The van der Waals surface area contributed by atoms with Gasteiger partial charge in [-0.15, -0.1) is 0 Å². The molecule has 0 radical (unpaired) electrons. The van der Waals surface area contributed by atoms with E-state index in [0.29, 0.717) is 13.2 Å². The van der Waals surface area contributed by atoms with Crippen LogP contribution >= 0.6 is 0 Å². The fourth-order valence-electron chi connectivity index (χ4n) is 4.28. The first-order valence-electron chi connectivity index (χ1n) is 9.95. The lowest BCUT2D eigenvalue weighted by Crippen LogP contribution is -2.40. The number of rotatable bonds is 3. The van der Waals surface area contributed by atoms with Gasteiger partial charge in [0.25, 0.3) is 0 Å². The van der Waals surface area contributed by atoms with Crippen molar-refractivity contribution >= 4 is 16.9 Å². The zero-order chi connectivity index (χ0) is 18.9. The monoisotopic (exact) mass is 376 g/mol. The molecule has 28 heavy (non-hydrogen) atoms. The quantitative estimate of drug-likeness (QED) is 0.763. The number of likely N-dealkylation sites (tertiary alicyclic amines) is 1. The minimum atomic E-state index is 0.0374. The first-order valence-corrected chi connectivity index (χ1v) is 9.95. The lowest BCUT2D eigenvalue weighted by molar-refractivity contribution is -0.133. The summed E-state index contributed by atoms with van der Waals surface area (Å²) < 4.78 is 5.83. The van der Waals surface area contributed by atoms with E-state index in [2.05, 4.69) is 16.0 Å². The van der Waals surface area contributed by atoms with Gasteiger partial charge in [0.2, 0.25) is 5.91 Å². The number of benzene rings is 2. The Kier molecular flexibility index (Phi) is 4.49. The van der Waals surface area contributed by atoms with Crippen LogP contribution in [0.25, 0.3) is 11.0 Å². The molecule has 6 heteroatoms. The van der Waals surface area contributed by atoms with Gasteiger partial charge in [0.15, 0.2) is 0 Å². The van der Waals surface area contributed by atoms with Gasteiger partial charge in [0.05, 0.1) is 23.6 Å². The Hall–Kier alpha value is -2.86. The molecule has 2 aliphatic rings. The summed E-state index contributed by atoms with van der Waals surface area (Å²) >= 11 is 0. The summed E-state index contributed by atoms with van der Waals surface area (Å²) in [7, 11) is 0. The van der Waals surface area contributed by atoms with Crippen LogP contribution < -0.4 is 4.74 Å². The number of para-hydroxylation sites is 3. The summed E-state index contributed by atoms with van der Waals surface area (Å²) in [5.74, 6) is 2.00. The van der Waals surface area contributed by atoms with Crippen molar-refractivity contribution in [3.8, 4) is 5.75 Å². The van der Waals surface area contributed by atoms with Crippen molar-refractivity contribution in [2.45, 2.75) is 25.4 Å². The fraction of sp³-hybridized carbons (Fsp3) is 0.364. The number of fused-ring (bicyclic) bond motifs is 2. The second-order valence-corrected chi connectivity index (χ2v) is 7.55. The average Bonchev–Trinajstić information content (AvgIpc) is 3.31. The zero-order valence-corrected chi connectivity index (χ0v) is 15.8. The standard InChI is InChI=1S/C22H24N4O2/c27-21(15-25-12-13-28-20-10-4-1-6-16(20)14-25)26-11-5-9-19(26)22-23-17-7-2-3-8-18(17)24-22/h1-4,6-8,10,19H,5,9,11-15H2,(H,23,24)/t19-/m0/s1. The van der Waals surface area contributed by atoms with E-state index in [0.717, 1.165) is 60.6 Å². The van der Waals surface area contributed by atoms with Crippen LogP contribution in [0.3, 0.4) is 0 Å². The highest BCUT2D eigenvalue weighted by Gasteiger charge is 2.33. The van der Waals surface area contributed by atoms with Crippen LogP contribution in [0, 0.1) is 0 Å². The predicted octanol–water partition coefficient (Wildman–Crippen LogP) is 3.12. The summed E-state index contributed by atoms with van der Waals surface area (Å²) in [6.45, 7) is 3.31. The topological polar surface area (TPSA) is 61.5 Å². The second kappa shape index (κ2) is 7.28. The third-order valence-electron chi connectivity index (χ3n) is 5.69. The number of carbonyl (C=O) groups excluding carboxylic acids is 1. The summed E-state index contributed by atoms with van der Waals surface area (Å²) in [6, 6.07) is 16.1. The number of nitrogens with zero attached hydrogens (tertiary/aromatic N) is 3. The SMILES string of the molecule is O=C(CN1CCOc2ccccc2C1)N1CCC[C@H]1c1nc2ccccc2[nH]1. The van der Waals surface area contributed by atoms with Crippen molar-refractivity contribution in [2.75, 3.05) is 26.2 Å². The maximum atomic E-state index is 13.1. The van der Waals surface area contributed by atoms with Crippen LogP contribution in [-0.4, -0.2) is 51.9 Å². The maximum absolute atomic E-state index is 13.1. The molecular weight excluding hydrogens is 352 g/mol. The molecule has 3 aromatic rings. The molecule has 3 heterocycles. The van der Waals surface area contributed by atoms with Crippen LogP contribution in [0.2, 0.25) is 0 Å². The lowest BCUT2D eigenvalue weighted by Gasteiger charge is -2.27. The Balaban J connectivity index is 1.31. The van der Waals surface area contributed by atoms with Crippen LogP contribution in [0.15, 0.2) is 48.5 Å². The molecule has 0 spiro atoms. The molecule has 1 fully saturated rings. The molecule has 1 N–H and O–H groups in total. The van der Waals surface area contributed by atoms with Crippen LogP contribution in [0.1, 0.15) is 30.3 Å². The van der Waals surface area contributed by atoms with Gasteiger partial charge in [0.1, 0.15) is 18.2 Å². The van der Waals surface area contributed by atoms with Crippen LogP contribution in [0.5, 0.6) is 5.75 Å². The number of aromatic amines is 1. The maximum Gasteiger partial charge on any atom is 0.237 e. The summed E-state index contributed by atoms with van der Waals surface area (Å²) in [6.07, 6.45) is 1.97. The van der Waals surface area contributed by atoms with E-state index in [-0.39, 0.29) is 11.9 Å². The minimum absolute atomic E-state index is 0.0374. The molecule has 1 aromatic heterocycles. The Bertz CT molecular complexity index is 966. The molecule has 2 aromatic carbocycles. The Labute approximate surface area is 164 Å².